The molecule has 3 heteroatoms. The van der Waals surface area contributed by atoms with Crippen molar-refractivity contribution in [1.82, 2.24) is 9.78 Å². The van der Waals surface area contributed by atoms with Crippen molar-refractivity contribution in [1.29, 1.82) is 0 Å². The van der Waals surface area contributed by atoms with Crippen LogP contribution in [0, 0.1) is 12.8 Å². The van der Waals surface area contributed by atoms with Crippen LogP contribution in [0.3, 0.4) is 0 Å². The highest BCUT2D eigenvalue weighted by molar-refractivity contribution is 5.42. The first kappa shape index (κ1) is 15.6. The molecule has 0 radical (unpaired) electrons. The number of rotatable bonds is 6. The quantitative estimate of drug-likeness (QED) is 0.853. The number of hydrogen-bond donors (Lipinski definition) is 1. The first-order valence-corrected chi connectivity index (χ1v) is 7.89. The summed E-state index contributed by atoms with van der Waals surface area (Å²) in [5.74, 6) is 0.812. The molecule has 0 saturated heterocycles. The lowest BCUT2D eigenvalue weighted by atomic mass is 10.0. The minimum Gasteiger partial charge on any atom is -0.493 e. The molecule has 0 saturated carbocycles. The third-order valence-electron chi connectivity index (χ3n) is 3.67. The number of aryl methyl sites for hydroxylation is 2. The third-order valence-corrected chi connectivity index (χ3v) is 3.67. The standard InChI is InChI=1S/C18H26N2O/c1-5-6-10-17-16(11-13(2)3)18(21)20(19-17)15-9-7-8-14(4)12-15/h7-9,12-13,21H,5-6,10-11H2,1-4H3. The molecule has 0 aliphatic heterocycles. The Kier molecular flexibility index (Phi) is 5.05. The Morgan fingerprint density at radius 1 is 1.29 bits per heavy atom. The summed E-state index contributed by atoms with van der Waals surface area (Å²) in [6, 6.07) is 8.09. The lowest BCUT2D eigenvalue weighted by Crippen LogP contribution is -1.98. The minimum absolute atomic E-state index is 0.306. The van der Waals surface area contributed by atoms with Crippen molar-refractivity contribution >= 4 is 0 Å². The summed E-state index contributed by atoms with van der Waals surface area (Å²) >= 11 is 0. The number of aromatic nitrogens is 2. The van der Waals surface area contributed by atoms with Gasteiger partial charge in [0.25, 0.3) is 0 Å². The van der Waals surface area contributed by atoms with E-state index in [0.29, 0.717) is 11.8 Å². The molecule has 0 atom stereocenters. The van der Waals surface area contributed by atoms with Gasteiger partial charge < -0.3 is 5.11 Å². The maximum atomic E-state index is 10.6. The van der Waals surface area contributed by atoms with Crippen LogP contribution in [0.25, 0.3) is 5.69 Å². The van der Waals surface area contributed by atoms with E-state index >= 15 is 0 Å². The summed E-state index contributed by atoms with van der Waals surface area (Å²) in [5, 5.41) is 15.3. The van der Waals surface area contributed by atoms with E-state index in [1.54, 1.807) is 4.68 Å². The Morgan fingerprint density at radius 3 is 2.67 bits per heavy atom. The van der Waals surface area contributed by atoms with Crippen molar-refractivity contribution in [3.63, 3.8) is 0 Å². The predicted octanol–water partition coefficient (Wildman–Crippen LogP) is 4.43. The number of hydrogen-bond acceptors (Lipinski definition) is 2. The van der Waals surface area contributed by atoms with E-state index in [4.69, 9.17) is 0 Å². The van der Waals surface area contributed by atoms with Crippen LogP contribution in [0.15, 0.2) is 24.3 Å². The van der Waals surface area contributed by atoms with Gasteiger partial charge in [-0.15, -0.1) is 0 Å². The molecule has 0 bridgehead atoms. The molecular weight excluding hydrogens is 260 g/mol. The fourth-order valence-electron chi connectivity index (χ4n) is 2.59. The van der Waals surface area contributed by atoms with Crippen LogP contribution in [0.1, 0.15) is 50.4 Å². The second-order valence-electron chi connectivity index (χ2n) is 6.20. The van der Waals surface area contributed by atoms with E-state index in [-0.39, 0.29) is 0 Å². The van der Waals surface area contributed by atoms with Gasteiger partial charge in [0.05, 0.1) is 11.4 Å². The van der Waals surface area contributed by atoms with E-state index in [1.165, 1.54) is 5.56 Å². The fraction of sp³-hybridized carbons (Fsp3) is 0.500. The summed E-state index contributed by atoms with van der Waals surface area (Å²) in [5.41, 5.74) is 4.16. The van der Waals surface area contributed by atoms with Crippen LogP contribution in [0.5, 0.6) is 5.88 Å². The van der Waals surface area contributed by atoms with Crippen molar-refractivity contribution < 1.29 is 5.11 Å². The summed E-state index contributed by atoms with van der Waals surface area (Å²) in [4.78, 5) is 0. The highest BCUT2D eigenvalue weighted by Gasteiger charge is 2.18. The molecule has 114 valence electrons. The van der Waals surface area contributed by atoms with E-state index in [9.17, 15) is 5.11 Å². The maximum absolute atomic E-state index is 10.6. The van der Waals surface area contributed by atoms with Gasteiger partial charge in [-0.2, -0.15) is 5.10 Å². The van der Waals surface area contributed by atoms with Gasteiger partial charge in [-0.25, -0.2) is 4.68 Å². The molecule has 2 aromatic rings. The fourth-order valence-corrected chi connectivity index (χ4v) is 2.59. The van der Waals surface area contributed by atoms with Gasteiger partial charge in [0.15, 0.2) is 0 Å². The van der Waals surface area contributed by atoms with Crippen molar-refractivity contribution in [3.05, 3.63) is 41.1 Å². The zero-order valence-electron chi connectivity index (χ0n) is 13.6. The van der Waals surface area contributed by atoms with Crippen molar-refractivity contribution in [3.8, 4) is 11.6 Å². The molecule has 1 heterocycles. The van der Waals surface area contributed by atoms with Crippen molar-refractivity contribution in [2.75, 3.05) is 0 Å². The molecule has 2 rings (SSSR count). The van der Waals surface area contributed by atoms with Gasteiger partial charge in [0, 0.05) is 5.56 Å². The highest BCUT2D eigenvalue weighted by atomic mass is 16.3. The topological polar surface area (TPSA) is 38.0 Å². The predicted molar refractivity (Wildman–Crippen MR) is 87.1 cm³/mol. The molecule has 3 nitrogen and oxygen atoms in total. The van der Waals surface area contributed by atoms with Gasteiger partial charge in [-0.3, -0.25) is 0 Å². The zero-order valence-corrected chi connectivity index (χ0v) is 13.6. The Bertz CT molecular complexity index is 599. The first-order valence-electron chi connectivity index (χ1n) is 7.89. The molecule has 1 aromatic carbocycles. The summed E-state index contributed by atoms with van der Waals surface area (Å²) < 4.78 is 1.69. The average Bonchev–Trinajstić information content (AvgIpc) is 2.73. The maximum Gasteiger partial charge on any atom is 0.217 e. The average molecular weight is 286 g/mol. The van der Waals surface area contributed by atoms with E-state index in [2.05, 4.69) is 44.9 Å². The van der Waals surface area contributed by atoms with Gasteiger partial charge in [0.1, 0.15) is 0 Å². The molecule has 0 aliphatic carbocycles. The van der Waals surface area contributed by atoms with Gasteiger partial charge in [-0.05, 0) is 49.8 Å². The monoisotopic (exact) mass is 286 g/mol. The Hall–Kier alpha value is -1.77. The van der Waals surface area contributed by atoms with Gasteiger partial charge in [-0.1, -0.05) is 39.3 Å². The number of aromatic hydroxyl groups is 1. The molecule has 0 unspecified atom stereocenters. The van der Waals surface area contributed by atoms with Crippen molar-refractivity contribution in [2.24, 2.45) is 5.92 Å². The molecule has 0 amide bonds. The Labute approximate surface area is 127 Å². The lowest BCUT2D eigenvalue weighted by molar-refractivity contribution is 0.424. The molecule has 1 N–H and O–H groups in total. The molecular formula is C18H26N2O. The molecule has 0 aliphatic rings. The first-order chi connectivity index (χ1) is 10.0. The van der Waals surface area contributed by atoms with Crippen LogP contribution in [0.2, 0.25) is 0 Å². The van der Waals surface area contributed by atoms with Gasteiger partial charge in [0.2, 0.25) is 5.88 Å². The van der Waals surface area contributed by atoms with Crippen LogP contribution < -0.4 is 0 Å². The number of unbranched alkanes of at least 4 members (excludes halogenated alkanes) is 1. The highest BCUT2D eigenvalue weighted by Crippen LogP contribution is 2.28. The summed E-state index contributed by atoms with van der Waals surface area (Å²) in [6.07, 6.45) is 4.05. The SMILES string of the molecule is CCCCc1nn(-c2cccc(C)c2)c(O)c1CC(C)C. The van der Waals surface area contributed by atoms with Crippen LogP contribution in [-0.2, 0) is 12.8 Å². The second-order valence-corrected chi connectivity index (χ2v) is 6.20. The number of benzene rings is 1. The number of nitrogens with zero attached hydrogens (tertiary/aromatic N) is 2. The second kappa shape index (κ2) is 6.79. The summed E-state index contributed by atoms with van der Waals surface area (Å²) in [6.45, 7) is 8.58. The lowest BCUT2D eigenvalue weighted by Gasteiger charge is -2.06. The molecule has 0 spiro atoms. The van der Waals surface area contributed by atoms with E-state index < -0.39 is 0 Å². The largest absolute Gasteiger partial charge is 0.493 e. The minimum atomic E-state index is 0.306. The van der Waals surface area contributed by atoms with Gasteiger partial charge >= 0.3 is 0 Å². The Balaban J connectivity index is 2.44. The van der Waals surface area contributed by atoms with E-state index in [1.807, 2.05) is 12.1 Å². The smallest absolute Gasteiger partial charge is 0.217 e. The zero-order chi connectivity index (χ0) is 15.4. The normalized spacial score (nSPS) is 11.3. The van der Waals surface area contributed by atoms with Crippen LogP contribution in [0.4, 0.5) is 0 Å². The van der Waals surface area contributed by atoms with Crippen molar-refractivity contribution in [2.45, 2.75) is 53.4 Å². The van der Waals surface area contributed by atoms with Crippen LogP contribution >= 0.6 is 0 Å². The molecule has 1 aromatic heterocycles. The van der Waals surface area contributed by atoms with Crippen LogP contribution in [-0.4, -0.2) is 14.9 Å². The third kappa shape index (κ3) is 3.66. The molecule has 21 heavy (non-hydrogen) atoms. The van der Waals surface area contributed by atoms with E-state index in [0.717, 1.165) is 42.6 Å². The summed E-state index contributed by atoms with van der Waals surface area (Å²) in [7, 11) is 0. The Morgan fingerprint density at radius 2 is 2.05 bits per heavy atom. The molecule has 0 fully saturated rings.